The number of nitrogens with one attached hydrogen (secondary N) is 2. The molecule has 1 saturated carbocycles. The highest BCUT2D eigenvalue weighted by Crippen LogP contribution is 2.39. The Labute approximate surface area is 119 Å². The molecule has 0 aromatic heterocycles. The molecule has 1 aliphatic carbocycles. The molecule has 4 amide bonds. The predicted molar refractivity (Wildman–Crippen MR) is 73.9 cm³/mol. The molecule has 0 bridgehead atoms. The van der Waals surface area contributed by atoms with Crippen molar-refractivity contribution in [2.45, 2.75) is 58.0 Å². The van der Waals surface area contributed by atoms with Gasteiger partial charge in [0.2, 0.25) is 5.91 Å². The molecule has 0 unspecified atom stereocenters. The van der Waals surface area contributed by atoms with Crippen molar-refractivity contribution in [3.8, 4) is 0 Å². The van der Waals surface area contributed by atoms with Crippen LogP contribution >= 0.6 is 0 Å². The quantitative estimate of drug-likeness (QED) is 0.758. The second-order valence-corrected chi connectivity index (χ2v) is 6.28. The van der Waals surface area contributed by atoms with Crippen LogP contribution in [0, 0.1) is 5.92 Å². The molecule has 0 aromatic carbocycles. The van der Waals surface area contributed by atoms with Gasteiger partial charge < -0.3 is 10.2 Å². The lowest BCUT2D eigenvalue weighted by atomic mass is 9.76. The minimum atomic E-state index is -0.808. The zero-order valence-electron chi connectivity index (χ0n) is 12.4. The van der Waals surface area contributed by atoms with Gasteiger partial charge in [0.1, 0.15) is 12.1 Å². The number of hydrogen-bond acceptors (Lipinski definition) is 3. The summed E-state index contributed by atoms with van der Waals surface area (Å²) in [5, 5.41) is 5.13. The topological polar surface area (TPSA) is 78.5 Å². The lowest BCUT2D eigenvalue weighted by Gasteiger charge is -2.39. The summed E-state index contributed by atoms with van der Waals surface area (Å²) in [6.45, 7) is 5.83. The van der Waals surface area contributed by atoms with Crippen LogP contribution in [0.15, 0.2) is 0 Å². The Balaban J connectivity index is 2.14. The first kappa shape index (κ1) is 14.8. The Morgan fingerprint density at radius 1 is 1.40 bits per heavy atom. The third-order valence-corrected chi connectivity index (χ3v) is 4.26. The molecule has 1 saturated heterocycles. The maximum Gasteiger partial charge on any atom is 0.325 e. The van der Waals surface area contributed by atoms with E-state index in [0.717, 1.165) is 12.8 Å². The molecule has 1 aliphatic heterocycles. The van der Waals surface area contributed by atoms with Crippen LogP contribution < -0.4 is 10.6 Å². The lowest BCUT2D eigenvalue weighted by molar-refractivity contribution is -0.130. The minimum Gasteiger partial charge on any atom is -0.352 e. The van der Waals surface area contributed by atoms with E-state index in [1.54, 1.807) is 0 Å². The molecule has 2 fully saturated rings. The zero-order chi connectivity index (χ0) is 14.9. The number of amides is 4. The number of rotatable bonds is 3. The lowest BCUT2D eigenvalue weighted by Crippen LogP contribution is -2.54. The van der Waals surface area contributed by atoms with Crippen molar-refractivity contribution in [1.82, 2.24) is 15.5 Å². The van der Waals surface area contributed by atoms with E-state index in [4.69, 9.17) is 0 Å². The molecule has 2 rings (SSSR count). The number of urea groups is 1. The van der Waals surface area contributed by atoms with Crippen LogP contribution in [0.2, 0.25) is 0 Å². The first-order valence-electron chi connectivity index (χ1n) is 7.27. The first-order chi connectivity index (χ1) is 9.35. The second-order valence-electron chi connectivity index (χ2n) is 6.28. The van der Waals surface area contributed by atoms with Crippen molar-refractivity contribution in [1.29, 1.82) is 0 Å². The average molecular weight is 281 g/mol. The van der Waals surface area contributed by atoms with E-state index in [0.29, 0.717) is 18.8 Å². The van der Waals surface area contributed by atoms with E-state index >= 15 is 0 Å². The minimum absolute atomic E-state index is 0.0196. The fourth-order valence-electron chi connectivity index (χ4n) is 3.07. The predicted octanol–water partition coefficient (Wildman–Crippen LogP) is 1.01. The van der Waals surface area contributed by atoms with Crippen LogP contribution in [-0.2, 0) is 9.59 Å². The third kappa shape index (κ3) is 2.64. The van der Waals surface area contributed by atoms with Gasteiger partial charge in [-0.3, -0.25) is 14.9 Å². The Kier molecular flexibility index (Phi) is 4.01. The van der Waals surface area contributed by atoms with Crippen molar-refractivity contribution in [3.05, 3.63) is 0 Å². The first-order valence-corrected chi connectivity index (χ1v) is 7.27. The molecule has 2 aliphatic rings. The third-order valence-electron chi connectivity index (χ3n) is 4.26. The highest BCUT2D eigenvalue weighted by atomic mass is 16.2. The molecular weight excluding hydrogens is 258 g/mol. The van der Waals surface area contributed by atoms with Crippen LogP contribution in [0.1, 0.15) is 46.5 Å². The molecule has 1 heterocycles. The van der Waals surface area contributed by atoms with Gasteiger partial charge in [-0.15, -0.1) is 0 Å². The molecule has 6 heteroatoms. The Morgan fingerprint density at radius 3 is 2.55 bits per heavy atom. The number of nitrogens with zero attached hydrogens (tertiary/aromatic N) is 1. The van der Waals surface area contributed by atoms with E-state index in [1.807, 2.05) is 13.8 Å². The molecule has 0 aromatic rings. The molecular formula is C14H23N3O3. The zero-order valence-corrected chi connectivity index (χ0v) is 12.4. The SMILES string of the molecule is CC1CCC2(CC1)C(=O)NC(=O)N2CC(=O)NC(C)C. The maximum absolute atomic E-state index is 12.2. The smallest absolute Gasteiger partial charge is 0.325 e. The molecule has 20 heavy (non-hydrogen) atoms. The molecule has 0 radical (unpaired) electrons. The molecule has 2 N–H and O–H groups in total. The van der Waals surface area contributed by atoms with E-state index in [-0.39, 0.29) is 24.4 Å². The van der Waals surface area contributed by atoms with Crippen LogP contribution in [-0.4, -0.2) is 40.9 Å². The van der Waals surface area contributed by atoms with Gasteiger partial charge in [-0.25, -0.2) is 4.79 Å². The van der Waals surface area contributed by atoms with Crippen molar-refractivity contribution in [3.63, 3.8) is 0 Å². The van der Waals surface area contributed by atoms with Gasteiger partial charge in [-0.2, -0.15) is 0 Å². The average Bonchev–Trinajstić information content (AvgIpc) is 2.56. The van der Waals surface area contributed by atoms with E-state index < -0.39 is 11.6 Å². The number of carbonyl (C=O) groups excluding carboxylic acids is 3. The van der Waals surface area contributed by atoms with Crippen molar-refractivity contribution < 1.29 is 14.4 Å². The van der Waals surface area contributed by atoms with Crippen LogP contribution in [0.4, 0.5) is 4.79 Å². The van der Waals surface area contributed by atoms with Crippen molar-refractivity contribution in [2.75, 3.05) is 6.54 Å². The summed E-state index contributed by atoms with van der Waals surface area (Å²) in [6, 6.07) is -0.422. The van der Waals surface area contributed by atoms with Gasteiger partial charge in [0.15, 0.2) is 0 Å². The van der Waals surface area contributed by atoms with E-state index in [9.17, 15) is 14.4 Å². The van der Waals surface area contributed by atoms with Gasteiger partial charge in [0.05, 0.1) is 0 Å². The highest BCUT2D eigenvalue weighted by Gasteiger charge is 2.54. The summed E-state index contributed by atoms with van der Waals surface area (Å²) in [6.07, 6.45) is 3.09. The van der Waals surface area contributed by atoms with Crippen LogP contribution in [0.3, 0.4) is 0 Å². The second kappa shape index (κ2) is 5.42. The summed E-state index contributed by atoms with van der Waals surface area (Å²) in [7, 11) is 0. The fraction of sp³-hybridized carbons (Fsp3) is 0.786. The summed E-state index contributed by atoms with van der Waals surface area (Å²) >= 11 is 0. The molecule has 112 valence electrons. The standard InChI is InChI=1S/C14H23N3O3/c1-9(2)15-11(18)8-17-13(20)16-12(19)14(17)6-4-10(3)5-7-14/h9-10H,4-8H2,1-3H3,(H,15,18)(H,16,19,20). The number of imide groups is 1. The fourth-order valence-corrected chi connectivity index (χ4v) is 3.07. The maximum atomic E-state index is 12.2. The van der Waals surface area contributed by atoms with Crippen LogP contribution in [0.5, 0.6) is 0 Å². The van der Waals surface area contributed by atoms with Gasteiger partial charge in [-0.1, -0.05) is 6.92 Å². The number of hydrogen-bond donors (Lipinski definition) is 2. The molecule has 6 nitrogen and oxygen atoms in total. The monoisotopic (exact) mass is 281 g/mol. The Morgan fingerprint density at radius 2 is 2.00 bits per heavy atom. The largest absolute Gasteiger partial charge is 0.352 e. The highest BCUT2D eigenvalue weighted by molar-refractivity contribution is 6.08. The van der Waals surface area contributed by atoms with Gasteiger partial charge >= 0.3 is 6.03 Å². The summed E-state index contributed by atoms with van der Waals surface area (Å²) in [5.74, 6) is 0.102. The van der Waals surface area contributed by atoms with Gasteiger partial charge in [-0.05, 0) is 45.4 Å². The van der Waals surface area contributed by atoms with Crippen molar-refractivity contribution in [2.24, 2.45) is 5.92 Å². The van der Waals surface area contributed by atoms with Crippen molar-refractivity contribution >= 4 is 17.8 Å². The Hall–Kier alpha value is -1.59. The normalized spacial score (nSPS) is 30.0. The van der Waals surface area contributed by atoms with Gasteiger partial charge in [0, 0.05) is 6.04 Å². The number of carbonyl (C=O) groups is 3. The van der Waals surface area contributed by atoms with E-state index in [2.05, 4.69) is 17.6 Å². The molecule has 1 spiro atoms. The summed E-state index contributed by atoms with van der Waals surface area (Å²) in [5.41, 5.74) is -0.808. The summed E-state index contributed by atoms with van der Waals surface area (Å²) in [4.78, 5) is 37.5. The van der Waals surface area contributed by atoms with Gasteiger partial charge in [0.25, 0.3) is 5.91 Å². The molecule has 0 atom stereocenters. The Bertz CT molecular complexity index is 425. The van der Waals surface area contributed by atoms with E-state index in [1.165, 1.54) is 4.90 Å². The van der Waals surface area contributed by atoms with Crippen LogP contribution in [0.25, 0.3) is 0 Å². The summed E-state index contributed by atoms with van der Waals surface area (Å²) < 4.78 is 0.